The average molecular weight is 267 g/mol. The smallest absolute Gasteiger partial charge is 0.254 e. The zero-order chi connectivity index (χ0) is 13.2. The minimum absolute atomic E-state index is 0.0766. The van der Waals surface area contributed by atoms with Gasteiger partial charge in [-0.05, 0) is 45.0 Å². The predicted molar refractivity (Wildman–Crippen MR) is 74.1 cm³/mol. The SMILES string of the molecule is CNCC1(C)CCCN1C(=O)c1cccc(Cl)c1. The van der Waals surface area contributed by atoms with E-state index in [9.17, 15) is 4.79 Å². The molecule has 98 valence electrons. The van der Waals surface area contributed by atoms with Crippen LogP contribution in [0, 0.1) is 0 Å². The number of benzene rings is 1. The van der Waals surface area contributed by atoms with Gasteiger partial charge >= 0.3 is 0 Å². The summed E-state index contributed by atoms with van der Waals surface area (Å²) in [4.78, 5) is 14.5. The third kappa shape index (κ3) is 2.52. The molecule has 1 aromatic rings. The van der Waals surface area contributed by atoms with E-state index in [0.717, 1.165) is 25.9 Å². The molecule has 0 aromatic heterocycles. The average Bonchev–Trinajstić information content (AvgIpc) is 2.70. The molecule has 0 aliphatic carbocycles. The minimum Gasteiger partial charge on any atom is -0.332 e. The number of halogens is 1. The number of hydrogen-bond acceptors (Lipinski definition) is 2. The molecule has 18 heavy (non-hydrogen) atoms. The minimum atomic E-state index is -0.0891. The second-order valence-corrected chi connectivity index (χ2v) is 5.53. The number of hydrogen-bond donors (Lipinski definition) is 1. The van der Waals surface area contributed by atoms with Crippen molar-refractivity contribution in [2.45, 2.75) is 25.3 Å². The molecule has 3 nitrogen and oxygen atoms in total. The number of rotatable bonds is 3. The van der Waals surface area contributed by atoms with Crippen molar-refractivity contribution >= 4 is 17.5 Å². The molecule has 2 rings (SSSR count). The highest BCUT2D eigenvalue weighted by Gasteiger charge is 2.39. The van der Waals surface area contributed by atoms with Crippen LogP contribution in [0.3, 0.4) is 0 Å². The van der Waals surface area contributed by atoms with Crippen LogP contribution in [-0.4, -0.2) is 36.5 Å². The van der Waals surface area contributed by atoms with Crippen LogP contribution in [0.25, 0.3) is 0 Å². The Hall–Kier alpha value is -1.06. The Bertz CT molecular complexity index is 449. The summed E-state index contributed by atoms with van der Waals surface area (Å²) in [6.07, 6.45) is 2.10. The van der Waals surface area contributed by atoms with E-state index >= 15 is 0 Å². The summed E-state index contributed by atoms with van der Waals surface area (Å²) < 4.78 is 0. The fraction of sp³-hybridized carbons (Fsp3) is 0.500. The monoisotopic (exact) mass is 266 g/mol. The molecule has 1 atom stereocenters. The fourth-order valence-electron chi connectivity index (χ4n) is 2.71. The largest absolute Gasteiger partial charge is 0.332 e. The molecule has 1 fully saturated rings. The normalized spacial score (nSPS) is 23.4. The molecule has 0 spiro atoms. The summed E-state index contributed by atoms with van der Waals surface area (Å²) in [5, 5.41) is 3.78. The summed E-state index contributed by atoms with van der Waals surface area (Å²) in [5.74, 6) is 0.0766. The lowest BCUT2D eigenvalue weighted by Crippen LogP contribution is -2.50. The molecular formula is C14H19ClN2O. The van der Waals surface area contributed by atoms with Gasteiger partial charge in [0.2, 0.25) is 0 Å². The standard InChI is InChI=1S/C14H19ClN2O/c1-14(10-16-2)7-4-8-17(14)13(18)11-5-3-6-12(15)9-11/h3,5-6,9,16H,4,7-8,10H2,1-2H3. The number of nitrogens with one attached hydrogen (secondary N) is 1. The van der Waals surface area contributed by atoms with Gasteiger partial charge < -0.3 is 10.2 Å². The van der Waals surface area contributed by atoms with Crippen LogP contribution in [0.15, 0.2) is 24.3 Å². The van der Waals surface area contributed by atoms with E-state index in [-0.39, 0.29) is 11.4 Å². The summed E-state index contributed by atoms with van der Waals surface area (Å²) in [6, 6.07) is 7.17. The molecule has 1 unspecified atom stereocenters. The van der Waals surface area contributed by atoms with E-state index in [1.807, 2.05) is 24.1 Å². The van der Waals surface area contributed by atoms with E-state index < -0.39 is 0 Å². The summed E-state index contributed by atoms with van der Waals surface area (Å²) in [5.41, 5.74) is 0.584. The number of carbonyl (C=O) groups is 1. The van der Waals surface area contributed by atoms with Gasteiger partial charge in [0.1, 0.15) is 0 Å². The number of nitrogens with zero attached hydrogens (tertiary/aromatic N) is 1. The summed E-state index contributed by atoms with van der Waals surface area (Å²) in [6.45, 7) is 3.78. The lowest BCUT2D eigenvalue weighted by atomic mass is 9.98. The lowest BCUT2D eigenvalue weighted by Gasteiger charge is -2.35. The first-order valence-electron chi connectivity index (χ1n) is 6.29. The zero-order valence-corrected chi connectivity index (χ0v) is 11.6. The molecule has 1 N–H and O–H groups in total. The maximum atomic E-state index is 12.5. The van der Waals surface area contributed by atoms with Crippen LogP contribution >= 0.6 is 11.6 Å². The van der Waals surface area contributed by atoms with Crippen LogP contribution in [-0.2, 0) is 0 Å². The summed E-state index contributed by atoms with van der Waals surface area (Å²) in [7, 11) is 1.92. The molecule has 4 heteroatoms. The molecule has 1 aliphatic heterocycles. The molecule has 1 aromatic carbocycles. The van der Waals surface area contributed by atoms with E-state index in [1.54, 1.807) is 12.1 Å². The van der Waals surface area contributed by atoms with E-state index in [1.165, 1.54) is 0 Å². The van der Waals surface area contributed by atoms with Crippen LogP contribution < -0.4 is 5.32 Å². The van der Waals surface area contributed by atoms with E-state index in [2.05, 4.69) is 12.2 Å². The van der Waals surface area contributed by atoms with Gasteiger partial charge in [-0.2, -0.15) is 0 Å². The van der Waals surface area contributed by atoms with Crippen molar-refractivity contribution in [3.8, 4) is 0 Å². The number of amides is 1. The molecule has 1 heterocycles. The van der Waals surface area contributed by atoms with Crippen molar-refractivity contribution in [1.29, 1.82) is 0 Å². The number of likely N-dealkylation sites (tertiary alicyclic amines) is 1. The Morgan fingerprint density at radius 2 is 2.33 bits per heavy atom. The van der Waals surface area contributed by atoms with Gasteiger partial charge in [-0.25, -0.2) is 0 Å². The highest BCUT2D eigenvalue weighted by molar-refractivity contribution is 6.30. The molecular weight excluding hydrogens is 248 g/mol. The van der Waals surface area contributed by atoms with Crippen LogP contribution in [0.2, 0.25) is 5.02 Å². The molecule has 0 bridgehead atoms. The van der Waals surface area contributed by atoms with Crippen molar-refractivity contribution in [2.24, 2.45) is 0 Å². The predicted octanol–water partition coefficient (Wildman–Crippen LogP) is 2.55. The van der Waals surface area contributed by atoms with E-state index in [0.29, 0.717) is 10.6 Å². The topological polar surface area (TPSA) is 32.3 Å². The van der Waals surface area contributed by atoms with Crippen molar-refractivity contribution in [3.63, 3.8) is 0 Å². The van der Waals surface area contributed by atoms with Crippen LogP contribution in [0.5, 0.6) is 0 Å². The molecule has 0 radical (unpaired) electrons. The van der Waals surface area contributed by atoms with Gasteiger partial charge in [0.05, 0.1) is 5.54 Å². The van der Waals surface area contributed by atoms with Gasteiger partial charge in [0, 0.05) is 23.7 Å². The third-order valence-electron chi connectivity index (χ3n) is 3.62. The first-order valence-corrected chi connectivity index (χ1v) is 6.67. The Morgan fingerprint density at radius 3 is 3.00 bits per heavy atom. The van der Waals surface area contributed by atoms with Crippen molar-refractivity contribution in [2.75, 3.05) is 20.1 Å². The second kappa shape index (κ2) is 5.29. The van der Waals surface area contributed by atoms with Gasteiger partial charge in [-0.3, -0.25) is 4.79 Å². The molecule has 1 saturated heterocycles. The Labute approximate surface area is 113 Å². The third-order valence-corrected chi connectivity index (χ3v) is 3.86. The quantitative estimate of drug-likeness (QED) is 0.912. The number of likely N-dealkylation sites (N-methyl/N-ethyl adjacent to an activating group) is 1. The molecule has 1 amide bonds. The van der Waals surface area contributed by atoms with Crippen LogP contribution in [0.4, 0.5) is 0 Å². The molecule has 0 saturated carbocycles. The fourth-order valence-corrected chi connectivity index (χ4v) is 2.90. The molecule has 1 aliphatic rings. The lowest BCUT2D eigenvalue weighted by molar-refractivity contribution is 0.0626. The Kier molecular flexibility index (Phi) is 3.93. The van der Waals surface area contributed by atoms with E-state index in [4.69, 9.17) is 11.6 Å². The maximum Gasteiger partial charge on any atom is 0.254 e. The Morgan fingerprint density at radius 1 is 1.56 bits per heavy atom. The van der Waals surface area contributed by atoms with Gasteiger partial charge in [-0.1, -0.05) is 17.7 Å². The van der Waals surface area contributed by atoms with Gasteiger partial charge in [0.15, 0.2) is 0 Å². The number of carbonyl (C=O) groups excluding carboxylic acids is 1. The van der Waals surface area contributed by atoms with Crippen molar-refractivity contribution in [1.82, 2.24) is 10.2 Å². The highest BCUT2D eigenvalue weighted by Crippen LogP contribution is 2.30. The Balaban J connectivity index is 2.23. The second-order valence-electron chi connectivity index (χ2n) is 5.10. The van der Waals surface area contributed by atoms with Gasteiger partial charge in [0.25, 0.3) is 5.91 Å². The van der Waals surface area contributed by atoms with Crippen molar-refractivity contribution < 1.29 is 4.79 Å². The van der Waals surface area contributed by atoms with Gasteiger partial charge in [-0.15, -0.1) is 0 Å². The zero-order valence-electron chi connectivity index (χ0n) is 10.9. The summed E-state index contributed by atoms with van der Waals surface area (Å²) >= 11 is 5.94. The maximum absolute atomic E-state index is 12.5. The van der Waals surface area contributed by atoms with Crippen LogP contribution in [0.1, 0.15) is 30.1 Å². The first kappa shape index (κ1) is 13.4. The highest BCUT2D eigenvalue weighted by atomic mass is 35.5. The van der Waals surface area contributed by atoms with Crippen molar-refractivity contribution in [3.05, 3.63) is 34.9 Å². The first-order chi connectivity index (χ1) is 8.57.